The first-order chi connectivity index (χ1) is 8.93. The Labute approximate surface area is 111 Å². The number of nitrogens with two attached hydrogens (primary N) is 1. The van der Waals surface area contributed by atoms with E-state index in [1.54, 1.807) is 0 Å². The maximum absolute atomic E-state index is 13.8. The fraction of sp³-hybridized carbons (Fsp3) is 0.538. The molecule has 2 N–H and O–H groups in total. The third-order valence-electron chi connectivity index (χ3n) is 3.77. The standard InChI is InChI=1S/C13H18FN3O2/c1-13(8-15)4-5-16(9-13)7-10-2-3-11(17(18)19)6-12(10)14/h2-3,6H,4-5,7-9,15H2,1H3. The fourth-order valence-electron chi connectivity index (χ4n) is 2.45. The first-order valence-electron chi connectivity index (χ1n) is 6.29. The highest BCUT2D eigenvalue weighted by Crippen LogP contribution is 2.30. The number of hydrogen-bond donors (Lipinski definition) is 1. The van der Waals surface area contributed by atoms with E-state index in [2.05, 4.69) is 11.8 Å². The number of nitrogens with zero attached hydrogens (tertiary/aromatic N) is 2. The van der Waals surface area contributed by atoms with E-state index in [1.165, 1.54) is 12.1 Å². The Morgan fingerprint density at radius 3 is 2.84 bits per heavy atom. The summed E-state index contributed by atoms with van der Waals surface area (Å²) in [5.74, 6) is -0.518. The van der Waals surface area contributed by atoms with Crippen LogP contribution >= 0.6 is 0 Å². The Hall–Kier alpha value is -1.53. The van der Waals surface area contributed by atoms with E-state index in [0.717, 1.165) is 25.6 Å². The van der Waals surface area contributed by atoms with Crippen LogP contribution < -0.4 is 5.73 Å². The highest BCUT2D eigenvalue weighted by atomic mass is 19.1. The van der Waals surface area contributed by atoms with Gasteiger partial charge in [0, 0.05) is 24.7 Å². The quantitative estimate of drug-likeness (QED) is 0.668. The van der Waals surface area contributed by atoms with Crippen LogP contribution in [0.25, 0.3) is 0 Å². The van der Waals surface area contributed by atoms with Gasteiger partial charge in [-0.15, -0.1) is 0 Å². The highest BCUT2D eigenvalue weighted by molar-refractivity contribution is 5.34. The van der Waals surface area contributed by atoms with Crippen LogP contribution in [-0.4, -0.2) is 29.5 Å². The van der Waals surface area contributed by atoms with Crippen LogP contribution in [0.1, 0.15) is 18.9 Å². The van der Waals surface area contributed by atoms with Gasteiger partial charge in [-0.1, -0.05) is 6.92 Å². The van der Waals surface area contributed by atoms with Gasteiger partial charge in [-0.2, -0.15) is 0 Å². The number of likely N-dealkylation sites (tertiary alicyclic amines) is 1. The van der Waals surface area contributed by atoms with Gasteiger partial charge < -0.3 is 5.73 Å². The van der Waals surface area contributed by atoms with Gasteiger partial charge in [0.15, 0.2) is 0 Å². The molecule has 0 bridgehead atoms. The number of benzene rings is 1. The summed E-state index contributed by atoms with van der Waals surface area (Å²) in [5.41, 5.74) is 6.10. The molecule has 5 nitrogen and oxygen atoms in total. The smallest absolute Gasteiger partial charge is 0.272 e. The first-order valence-corrected chi connectivity index (χ1v) is 6.29. The van der Waals surface area contributed by atoms with Crippen molar-refractivity contribution in [1.82, 2.24) is 4.90 Å². The molecular weight excluding hydrogens is 249 g/mol. The van der Waals surface area contributed by atoms with E-state index in [1.807, 2.05) is 0 Å². The van der Waals surface area contributed by atoms with E-state index in [0.29, 0.717) is 18.7 Å². The number of hydrogen-bond acceptors (Lipinski definition) is 4. The minimum absolute atomic E-state index is 0.0945. The molecule has 0 amide bonds. The molecule has 1 aromatic rings. The predicted octanol–water partition coefficient (Wildman–Crippen LogP) is 1.90. The molecule has 1 aliphatic rings. The van der Waals surface area contributed by atoms with E-state index >= 15 is 0 Å². The van der Waals surface area contributed by atoms with E-state index in [9.17, 15) is 14.5 Å². The third kappa shape index (κ3) is 3.08. The lowest BCUT2D eigenvalue weighted by atomic mass is 9.90. The summed E-state index contributed by atoms with van der Waals surface area (Å²) in [4.78, 5) is 12.1. The van der Waals surface area contributed by atoms with Crippen LogP contribution in [0.5, 0.6) is 0 Å². The van der Waals surface area contributed by atoms with Gasteiger partial charge in [-0.3, -0.25) is 15.0 Å². The zero-order chi connectivity index (χ0) is 14.0. The van der Waals surface area contributed by atoms with Gasteiger partial charge >= 0.3 is 0 Å². The predicted molar refractivity (Wildman–Crippen MR) is 70.1 cm³/mol. The molecule has 19 heavy (non-hydrogen) atoms. The molecule has 0 aromatic heterocycles. The number of nitro groups is 1. The molecule has 2 rings (SSSR count). The molecule has 0 spiro atoms. The van der Waals surface area contributed by atoms with Crippen LogP contribution in [0, 0.1) is 21.3 Å². The van der Waals surface area contributed by atoms with Crippen molar-refractivity contribution in [2.24, 2.45) is 11.1 Å². The lowest BCUT2D eigenvalue weighted by Gasteiger charge is -2.22. The van der Waals surface area contributed by atoms with Crippen molar-refractivity contribution in [3.8, 4) is 0 Å². The monoisotopic (exact) mass is 267 g/mol. The Morgan fingerprint density at radius 2 is 2.32 bits per heavy atom. The lowest BCUT2D eigenvalue weighted by Crippen LogP contribution is -2.31. The molecule has 1 fully saturated rings. The average molecular weight is 267 g/mol. The maximum Gasteiger partial charge on any atom is 0.272 e. The van der Waals surface area contributed by atoms with Crippen molar-refractivity contribution in [3.05, 3.63) is 39.7 Å². The molecule has 1 aromatic carbocycles. The Balaban J connectivity index is 2.06. The summed E-state index contributed by atoms with van der Waals surface area (Å²) in [6.45, 7) is 4.93. The average Bonchev–Trinajstić information content (AvgIpc) is 2.74. The van der Waals surface area contributed by atoms with Gasteiger partial charge in [0.25, 0.3) is 5.69 Å². The molecule has 104 valence electrons. The molecule has 0 radical (unpaired) electrons. The van der Waals surface area contributed by atoms with Crippen molar-refractivity contribution in [2.75, 3.05) is 19.6 Å². The summed E-state index contributed by atoms with van der Waals surface area (Å²) < 4.78 is 13.8. The number of rotatable bonds is 4. The van der Waals surface area contributed by atoms with Crippen LogP contribution in [0.2, 0.25) is 0 Å². The Morgan fingerprint density at radius 1 is 1.58 bits per heavy atom. The van der Waals surface area contributed by atoms with Gasteiger partial charge in [0.05, 0.1) is 11.0 Å². The topological polar surface area (TPSA) is 72.4 Å². The van der Waals surface area contributed by atoms with Crippen molar-refractivity contribution >= 4 is 5.69 Å². The van der Waals surface area contributed by atoms with Crippen LogP contribution in [0.3, 0.4) is 0 Å². The Bertz CT molecular complexity index is 495. The van der Waals surface area contributed by atoms with Gasteiger partial charge in [-0.25, -0.2) is 4.39 Å². The molecule has 0 saturated carbocycles. The summed E-state index contributed by atoms with van der Waals surface area (Å²) in [7, 11) is 0. The number of halogens is 1. The Kier molecular flexibility index (Phi) is 3.82. The fourth-order valence-corrected chi connectivity index (χ4v) is 2.45. The molecule has 6 heteroatoms. The molecule has 1 unspecified atom stereocenters. The minimum atomic E-state index is -0.589. The van der Waals surface area contributed by atoms with Crippen LogP contribution in [0.4, 0.5) is 10.1 Å². The van der Waals surface area contributed by atoms with Gasteiger partial charge in [0.2, 0.25) is 0 Å². The van der Waals surface area contributed by atoms with E-state index in [4.69, 9.17) is 5.73 Å². The van der Waals surface area contributed by atoms with E-state index < -0.39 is 10.7 Å². The van der Waals surface area contributed by atoms with Crippen molar-refractivity contribution in [1.29, 1.82) is 0 Å². The largest absolute Gasteiger partial charge is 0.330 e. The van der Waals surface area contributed by atoms with Gasteiger partial charge in [0.1, 0.15) is 5.82 Å². The highest BCUT2D eigenvalue weighted by Gasteiger charge is 2.32. The van der Waals surface area contributed by atoms with Crippen molar-refractivity contribution < 1.29 is 9.31 Å². The molecule has 0 aliphatic carbocycles. The molecule has 1 aliphatic heterocycles. The SMILES string of the molecule is CC1(CN)CCN(Cc2ccc([N+](=O)[O-])cc2F)C1. The second-order valence-electron chi connectivity index (χ2n) is 5.51. The maximum atomic E-state index is 13.8. The number of non-ortho nitro benzene ring substituents is 1. The second kappa shape index (κ2) is 5.22. The molecule has 1 atom stereocenters. The summed E-state index contributed by atoms with van der Waals surface area (Å²) in [5, 5.41) is 10.5. The first kappa shape index (κ1) is 13.9. The molecular formula is C13H18FN3O2. The van der Waals surface area contributed by atoms with Crippen molar-refractivity contribution in [3.63, 3.8) is 0 Å². The minimum Gasteiger partial charge on any atom is -0.330 e. The third-order valence-corrected chi connectivity index (χ3v) is 3.77. The summed E-state index contributed by atoms with van der Waals surface area (Å²) >= 11 is 0. The lowest BCUT2D eigenvalue weighted by molar-refractivity contribution is -0.385. The zero-order valence-electron chi connectivity index (χ0n) is 10.9. The van der Waals surface area contributed by atoms with Crippen LogP contribution in [-0.2, 0) is 6.54 Å². The normalized spacial score (nSPS) is 23.7. The second-order valence-corrected chi connectivity index (χ2v) is 5.51. The number of nitro benzene ring substituents is 1. The van der Waals surface area contributed by atoms with Crippen LogP contribution in [0.15, 0.2) is 18.2 Å². The summed E-state index contributed by atoms with van der Waals surface area (Å²) in [6, 6.07) is 3.82. The molecule has 1 heterocycles. The zero-order valence-corrected chi connectivity index (χ0v) is 10.9. The van der Waals surface area contributed by atoms with E-state index in [-0.39, 0.29) is 11.1 Å². The molecule has 1 saturated heterocycles. The van der Waals surface area contributed by atoms with Gasteiger partial charge in [-0.05, 0) is 31.0 Å². The van der Waals surface area contributed by atoms with Crippen molar-refractivity contribution in [2.45, 2.75) is 19.9 Å². The summed E-state index contributed by atoms with van der Waals surface area (Å²) in [6.07, 6.45) is 0.998.